The number of benzene rings is 2. The summed E-state index contributed by atoms with van der Waals surface area (Å²) in [5.41, 5.74) is 5.49. The van der Waals surface area contributed by atoms with E-state index < -0.39 is 0 Å². The van der Waals surface area contributed by atoms with Gasteiger partial charge in [-0.1, -0.05) is 11.6 Å². The van der Waals surface area contributed by atoms with Crippen molar-refractivity contribution in [3.05, 3.63) is 63.4 Å². The third-order valence-corrected chi connectivity index (χ3v) is 4.96. The lowest BCUT2D eigenvalue weighted by molar-refractivity contribution is -0.144. The molecule has 0 amide bonds. The summed E-state index contributed by atoms with van der Waals surface area (Å²) >= 11 is 6.14. The van der Waals surface area contributed by atoms with Crippen LogP contribution in [0.5, 0.6) is 5.75 Å². The van der Waals surface area contributed by atoms with Crippen molar-refractivity contribution < 1.29 is 23.4 Å². The number of rotatable bonds is 4. The molecule has 5 nitrogen and oxygen atoms in total. The zero-order valence-electron chi connectivity index (χ0n) is 15.1. The number of hydrogen-bond donors (Lipinski definition) is 0. The van der Waals surface area contributed by atoms with Crippen LogP contribution in [0.15, 0.2) is 34.9 Å². The van der Waals surface area contributed by atoms with Gasteiger partial charge in [-0.25, -0.2) is 0 Å². The summed E-state index contributed by atoms with van der Waals surface area (Å²) in [4.78, 5) is 12.4. The topological polar surface area (TPSA) is 57.9 Å². The van der Waals surface area contributed by atoms with Gasteiger partial charge in [0.1, 0.15) is 17.9 Å². The van der Waals surface area contributed by atoms with Crippen LogP contribution in [0.1, 0.15) is 27.8 Å². The number of fused-ring (bicyclic) bond motifs is 2. The smallest absolute Gasteiger partial charge is 0.310 e. The molecule has 1 aromatic heterocycles. The van der Waals surface area contributed by atoms with Crippen LogP contribution in [0.4, 0.5) is 0 Å². The van der Waals surface area contributed by atoms with Crippen LogP contribution in [0.25, 0.3) is 11.0 Å². The van der Waals surface area contributed by atoms with Crippen molar-refractivity contribution in [3.8, 4) is 5.75 Å². The summed E-state index contributed by atoms with van der Waals surface area (Å²) in [6.07, 6.45) is 1.76. The fourth-order valence-corrected chi connectivity index (χ4v) is 3.47. The number of carbonyl (C=O) groups excluding carboxylic acids is 1. The van der Waals surface area contributed by atoms with Crippen molar-refractivity contribution in [1.82, 2.24) is 0 Å². The van der Waals surface area contributed by atoms with Crippen molar-refractivity contribution in [2.24, 2.45) is 0 Å². The highest BCUT2D eigenvalue weighted by molar-refractivity contribution is 6.30. The Bertz CT molecular complexity index is 1020. The molecule has 0 aliphatic carbocycles. The molecule has 0 N–H and O–H groups in total. The summed E-state index contributed by atoms with van der Waals surface area (Å²) in [6, 6.07) is 7.57. The average Bonchev–Trinajstić information content (AvgIpc) is 3.01. The van der Waals surface area contributed by atoms with E-state index in [2.05, 4.69) is 0 Å². The number of hydrogen-bond acceptors (Lipinski definition) is 5. The van der Waals surface area contributed by atoms with Crippen LogP contribution in [-0.2, 0) is 33.9 Å². The van der Waals surface area contributed by atoms with E-state index in [1.165, 1.54) is 0 Å². The second-order valence-electron chi connectivity index (χ2n) is 6.69. The Morgan fingerprint density at radius 3 is 2.81 bits per heavy atom. The standard InChI is InChI=1S/C21H19ClO5/c1-12-3-18-14(9-25-19(18)4-13(12)2)7-20(23)26-10-16-6-17(22)5-15-8-24-11-27-21(15)16/h3-6,9H,7-8,10-11H2,1-2H3. The van der Waals surface area contributed by atoms with Crippen LogP contribution in [0.2, 0.25) is 5.02 Å². The van der Waals surface area contributed by atoms with E-state index in [4.69, 9.17) is 30.2 Å². The number of esters is 1. The molecule has 0 bridgehead atoms. The quantitative estimate of drug-likeness (QED) is 0.599. The summed E-state index contributed by atoms with van der Waals surface area (Å²) in [5, 5.41) is 1.50. The Morgan fingerprint density at radius 2 is 1.96 bits per heavy atom. The molecule has 4 rings (SSSR count). The van der Waals surface area contributed by atoms with E-state index in [0.717, 1.165) is 38.8 Å². The van der Waals surface area contributed by atoms with Crippen LogP contribution in [0.3, 0.4) is 0 Å². The zero-order chi connectivity index (χ0) is 19.0. The lowest BCUT2D eigenvalue weighted by Crippen LogP contribution is -2.14. The average molecular weight is 387 g/mol. The molecule has 2 aromatic carbocycles. The SMILES string of the molecule is Cc1cc2occ(CC(=O)OCc3cc(Cl)cc4c3OCOC4)c2cc1C. The third-order valence-electron chi connectivity index (χ3n) is 4.75. The van der Waals surface area contributed by atoms with Crippen molar-refractivity contribution in [1.29, 1.82) is 0 Å². The Balaban J connectivity index is 1.48. The van der Waals surface area contributed by atoms with Gasteiger partial charge in [-0.2, -0.15) is 0 Å². The molecule has 1 aliphatic heterocycles. The van der Waals surface area contributed by atoms with E-state index in [1.54, 1.807) is 18.4 Å². The first-order valence-electron chi connectivity index (χ1n) is 8.66. The third kappa shape index (κ3) is 3.66. The molecule has 0 saturated carbocycles. The van der Waals surface area contributed by atoms with E-state index >= 15 is 0 Å². The normalized spacial score (nSPS) is 13.3. The Labute approximate surface area is 161 Å². The maximum absolute atomic E-state index is 12.4. The fourth-order valence-electron chi connectivity index (χ4n) is 3.20. The number of halogens is 1. The lowest BCUT2D eigenvalue weighted by Gasteiger charge is -2.21. The summed E-state index contributed by atoms with van der Waals surface area (Å²) in [5.74, 6) is 0.343. The molecule has 2 heterocycles. The fraction of sp³-hybridized carbons (Fsp3) is 0.286. The highest BCUT2D eigenvalue weighted by atomic mass is 35.5. The van der Waals surface area contributed by atoms with E-state index in [0.29, 0.717) is 17.4 Å². The molecule has 3 aromatic rings. The van der Waals surface area contributed by atoms with Crippen molar-refractivity contribution in [2.75, 3.05) is 6.79 Å². The minimum Gasteiger partial charge on any atom is -0.467 e. The lowest BCUT2D eigenvalue weighted by atomic mass is 10.0. The Morgan fingerprint density at radius 1 is 1.15 bits per heavy atom. The second kappa shape index (κ2) is 7.25. The summed E-state index contributed by atoms with van der Waals surface area (Å²) < 4.78 is 21.8. The first kappa shape index (κ1) is 17.9. The minimum atomic E-state index is -0.336. The van der Waals surface area contributed by atoms with Crippen LogP contribution in [0, 0.1) is 13.8 Å². The highest BCUT2D eigenvalue weighted by Gasteiger charge is 2.18. The largest absolute Gasteiger partial charge is 0.467 e. The van der Waals surface area contributed by atoms with E-state index in [-0.39, 0.29) is 25.8 Å². The molecular weight excluding hydrogens is 368 g/mol. The molecule has 6 heteroatoms. The first-order chi connectivity index (χ1) is 13.0. The Hall–Kier alpha value is -2.50. The van der Waals surface area contributed by atoms with Crippen molar-refractivity contribution in [3.63, 3.8) is 0 Å². The molecule has 0 spiro atoms. The van der Waals surface area contributed by atoms with Gasteiger partial charge in [0, 0.05) is 27.1 Å². The highest BCUT2D eigenvalue weighted by Crippen LogP contribution is 2.32. The molecule has 0 fully saturated rings. The number of aryl methyl sites for hydroxylation is 2. The predicted molar refractivity (Wildman–Crippen MR) is 101 cm³/mol. The van der Waals surface area contributed by atoms with Crippen molar-refractivity contribution in [2.45, 2.75) is 33.5 Å². The first-order valence-corrected chi connectivity index (χ1v) is 9.04. The van der Waals surface area contributed by atoms with E-state index in [1.807, 2.05) is 26.0 Å². The van der Waals surface area contributed by atoms with Gasteiger partial charge in [0.15, 0.2) is 6.79 Å². The molecular formula is C21H19ClO5. The van der Waals surface area contributed by atoms with Gasteiger partial charge in [0.25, 0.3) is 0 Å². The van der Waals surface area contributed by atoms with Crippen LogP contribution >= 0.6 is 11.6 Å². The monoisotopic (exact) mass is 386 g/mol. The van der Waals surface area contributed by atoms with Gasteiger partial charge in [-0.15, -0.1) is 0 Å². The maximum Gasteiger partial charge on any atom is 0.310 e. The Kier molecular flexibility index (Phi) is 4.81. The molecule has 1 aliphatic rings. The number of carbonyl (C=O) groups is 1. The number of ether oxygens (including phenoxy) is 3. The second-order valence-corrected chi connectivity index (χ2v) is 7.13. The van der Waals surface area contributed by atoms with Gasteiger partial charge in [-0.3, -0.25) is 4.79 Å². The summed E-state index contributed by atoms with van der Waals surface area (Å²) in [7, 11) is 0. The van der Waals surface area contributed by atoms with E-state index in [9.17, 15) is 4.79 Å². The minimum absolute atomic E-state index is 0.0929. The molecule has 140 valence electrons. The molecule has 0 unspecified atom stereocenters. The molecule has 0 atom stereocenters. The van der Waals surface area contributed by atoms with Crippen molar-refractivity contribution >= 4 is 28.5 Å². The maximum atomic E-state index is 12.4. The van der Waals surface area contributed by atoms with Gasteiger partial charge >= 0.3 is 5.97 Å². The molecule has 27 heavy (non-hydrogen) atoms. The van der Waals surface area contributed by atoms with Crippen LogP contribution < -0.4 is 4.74 Å². The van der Waals surface area contributed by atoms with Gasteiger partial charge in [0.2, 0.25) is 0 Å². The number of furan rings is 1. The zero-order valence-corrected chi connectivity index (χ0v) is 15.9. The predicted octanol–water partition coefficient (Wildman–Crippen LogP) is 4.86. The molecule has 0 saturated heterocycles. The van der Waals surface area contributed by atoms with Gasteiger partial charge < -0.3 is 18.6 Å². The van der Waals surface area contributed by atoms with Crippen LogP contribution in [-0.4, -0.2) is 12.8 Å². The van der Waals surface area contributed by atoms with Gasteiger partial charge in [-0.05, 0) is 49.2 Å². The summed E-state index contributed by atoms with van der Waals surface area (Å²) in [6.45, 7) is 4.77. The molecule has 0 radical (unpaired) electrons. The van der Waals surface area contributed by atoms with Gasteiger partial charge in [0.05, 0.1) is 19.3 Å².